The second-order valence-corrected chi connectivity index (χ2v) is 4.24. The van der Waals surface area contributed by atoms with Crippen LogP contribution in [0, 0.1) is 0 Å². The van der Waals surface area contributed by atoms with Crippen molar-refractivity contribution in [3.63, 3.8) is 0 Å². The van der Waals surface area contributed by atoms with E-state index in [0.29, 0.717) is 6.61 Å². The summed E-state index contributed by atoms with van der Waals surface area (Å²) in [5.74, 6) is 0. The third-order valence-electron chi connectivity index (χ3n) is 2.27. The van der Waals surface area contributed by atoms with Crippen LogP contribution < -0.4 is 5.73 Å². The van der Waals surface area contributed by atoms with Crippen LogP contribution >= 0.6 is 11.3 Å². The van der Waals surface area contributed by atoms with Gasteiger partial charge in [0.1, 0.15) is 0 Å². The topological polar surface area (TPSA) is 35.2 Å². The van der Waals surface area contributed by atoms with Gasteiger partial charge in [0.05, 0.1) is 6.61 Å². The highest BCUT2D eigenvalue weighted by Gasteiger charge is 2.22. The lowest BCUT2D eigenvalue weighted by Crippen LogP contribution is -2.45. The molecule has 0 fully saturated rings. The molecule has 3 heteroatoms. The van der Waals surface area contributed by atoms with Gasteiger partial charge < -0.3 is 10.5 Å². The summed E-state index contributed by atoms with van der Waals surface area (Å²) in [4.78, 5) is 0. The van der Waals surface area contributed by atoms with E-state index in [2.05, 4.69) is 23.8 Å². The minimum Gasteiger partial charge on any atom is -0.383 e. The molecule has 0 saturated carbocycles. The van der Waals surface area contributed by atoms with Gasteiger partial charge in [0.25, 0.3) is 0 Å². The van der Waals surface area contributed by atoms with E-state index in [-0.39, 0.29) is 5.54 Å². The van der Waals surface area contributed by atoms with Crippen molar-refractivity contribution in [3.05, 3.63) is 22.4 Å². The Morgan fingerprint density at radius 1 is 1.62 bits per heavy atom. The Morgan fingerprint density at radius 2 is 2.38 bits per heavy atom. The van der Waals surface area contributed by atoms with Crippen molar-refractivity contribution in [2.75, 3.05) is 13.7 Å². The summed E-state index contributed by atoms with van der Waals surface area (Å²) in [5.41, 5.74) is 7.29. The average molecular weight is 199 g/mol. The molecule has 0 aromatic carbocycles. The number of thiophene rings is 1. The number of ether oxygens (including phenoxy) is 1. The molecular formula is C10H17NOS. The highest BCUT2D eigenvalue weighted by Crippen LogP contribution is 2.17. The zero-order valence-electron chi connectivity index (χ0n) is 8.25. The maximum Gasteiger partial charge on any atom is 0.0645 e. The molecule has 0 saturated heterocycles. The van der Waals surface area contributed by atoms with Gasteiger partial charge in [0.2, 0.25) is 0 Å². The first-order valence-corrected chi connectivity index (χ1v) is 5.43. The third-order valence-corrected chi connectivity index (χ3v) is 3.00. The molecule has 2 N–H and O–H groups in total. The predicted molar refractivity (Wildman–Crippen MR) is 57.1 cm³/mol. The summed E-state index contributed by atoms with van der Waals surface area (Å²) < 4.78 is 5.13. The maximum absolute atomic E-state index is 6.18. The van der Waals surface area contributed by atoms with Gasteiger partial charge in [-0.25, -0.2) is 0 Å². The molecule has 0 radical (unpaired) electrons. The molecule has 0 aliphatic rings. The van der Waals surface area contributed by atoms with Crippen LogP contribution in [0.3, 0.4) is 0 Å². The molecule has 0 aliphatic carbocycles. The van der Waals surface area contributed by atoms with E-state index in [1.807, 2.05) is 0 Å². The molecule has 0 bridgehead atoms. The zero-order chi connectivity index (χ0) is 9.73. The Kier molecular flexibility index (Phi) is 3.90. The largest absolute Gasteiger partial charge is 0.383 e. The average Bonchev–Trinajstić information content (AvgIpc) is 2.57. The number of hydrogen-bond donors (Lipinski definition) is 1. The number of rotatable bonds is 5. The van der Waals surface area contributed by atoms with Crippen LogP contribution in [0.15, 0.2) is 16.8 Å². The molecule has 1 aromatic rings. The molecular weight excluding hydrogens is 182 g/mol. The Balaban J connectivity index is 2.58. The smallest absolute Gasteiger partial charge is 0.0645 e. The van der Waals surface area contributed by atoms with Crippen LogP contribution in [0.25, 0.3) is 0 Å². The highest BCUT2D eigenvalue weighted by atomic mass is 32.1. The summed E-state index contributed by atoms with van der Waals surface area (Å²) in [6, 6.07) is 2.12. The predicted octanol–water partition coefficient (Wildman–Crippen LogP) is 2.04. The van der Waals surface area contributed by atoms with Gasteiger partial charge in [0.15, 0.2) is 0 Å². The Morgan fingerprint density at radius 3 is 2.85 bits per heavy atom. The summed E-state index contributed by atoms with van der Waals surface area (Å²) in [5, 5.41) is 4.23. The van der Waals surface area contributed by atoms with E-state index in [4.69, 9.17) is 10.5 Å². The lowest BCUT2D eigenvalue weighted by Gasteiger charge is -2.26. The number of methoxy groups -OCH3 is 1. The molecule has 0 amide bonds. The Labute approximate surface area is 83.7 Å². The summed E-state index contributed by atoms with van der Waals surface area (Å²) in [6.45, 7) is 2.73. The van der Waals surface area contributed by atoms with Gasteiger partial charge >= 0.3 is 0 Å². The minimum atomic E-state index is -0.199. The van der Waals surface area contributed by atoms with Crippen LogP contribution in [0.4, 0.5) is 0 Å². The van der Waals surface area contributed by atoms with Crippen molar-refractivity contribution >= 4 is 11.3 Å². The van der Waals surface area contributed by atoms with Crippen LogP contribution in [-0.2, 0) is 11.2 Å². The molecule has 1 aromatic heterocycles. The van der Waals surface area contributed by atoms with Gasteiger partial charge in [-0.3, -0.25) is 0 Å². The quantitative estimate of drug-likeness (QED) is 0.787. The Hall–Kier alpha value is -0.380. The fraction of sp³-hybridized carbons (Fsp3) is 0.600. The van der Waals surface area contributed by atoms with Crippen molar-refractivity contribution < 1.29 is 4.74 Å². The van der Waals surface area contributed by atoms with E-state index in [0.717, 1.165) is 12.8 Å². The van der Waals surface area contributed by atoms with Crippen LogP contribution in [0.1, 0.15) is 18.9 Å². The van der Waals surface area contributed by atoms with E-state index in [1.54, 1.807) is 18.4 Å². The zero-order valence-corrected chi connectivity index (χ0v) is 9.06. The van der Waals surface area contributed by atoms with Gasteiger partial charge in [-0.1, -0.05) is 6.92 Å². The molecule has 13 heavy (non-hydrogen) atoms. The van der Waals surface area contributed by atoms with Gasteiger partial charge in [-0.2, -0.15) is 11.3 Å². The van der Waals surface area contributed by atoms with Crippen molar-refractivity contribution in [1.82, 2.24) is 0 Å². The van der Waals surface area contributed by atoms with E-state index in [1.165, 1.54) is 5.56 Å². The first kappa shape index (κ1) is 10.7. The SMILES string of the molecule is CCC(N)(COC)Cc1ccsc1. The second kappa shape index (κ2) is 4.74. The number of nitrogens with two attached hydrogens (primary N) is 1. The number of hydrogen-bond acceptors (Lipinski definition) is 3. The third kappa shape index (κ3) is 3.10. The fourth-order valence-corrected chi connectivity index (χ4v) is 2.03. The van der Waals surface area contributed by atoms with Crippen LogP contribution in [0.5, 0.6) is 0 Å². The van der Waals surface area contributed by atoms with E-state index >= 15 is 0 Å². The van der Waals surface area contributed by atoms with E-state index in [9.17, 15) is 0 Å². The highest BCUT2D eigenvalue weighted by molar-refractivity contribution is 7.07. The van der Waals surface area contributed by atoms with Crippen molar-refractivity contribution in [2.45, 2.75) is 25.3 Å². The van der Waals surface area contributed by atoms with Gasteiger partial charge in [-0.05, 0) is 35.2 Å². The standard InChI is InChI=1S/C10H17NOS/c1-3-10(11,8-12-2)6-9-4-5-13-7-9/h4-5,7H,3,6,8,11H2,1-2H3. The van der Waals surface area contributed by atoms with Crippen molar-refractivity contribution in [2.24, 2.45) is 5.73 Å². The lowest BCUT2D eigenvalue weighted by molar-refractivity contribution is 0.129. The molecule has 1 atom stereocenters. The first-order valence-electron chi connectivity index (χ1n) is 4.49. The van der Waals surface area contributed by atoms with Gasteiger partial charge in [-0.15, -0.1) is 0 Å². The van der Waals surface area contributed by atoms with Crippen LogP contribution in [0.2, 0.25) is 0 Å². The second-order valence-electron chi connectivity index (χ2n) is 3.46. The van der Waals surface area contributed by atoms with Crippen molar-refractivity contribution in [3.8, 4) is 0 Å². The molecule has 0 spiro atoms. The molecule has 74 valence electrons. The monoisotopic (exact) mass is 199 g/mol. The van der Waals surface area contributed by atoms with Crippen molar-refractivity contribution in [1.29, 1.82) is 0 Å². The van der Waals surface area contributed by atoms with E-state index < -0.39 is 0 Å². The minimum absolute atomic E-state index is 0.199. The molecule has 2 nitrogen and oxygen atoms in total. The van der Waals surface area contributed by atoms with Gasteiger partial charge in [0, 0.05) is 12.6 Å². The maximum atomic E-state index is 6.18. The summed E-state index contributed by atoms with van der Waals surface area (Å²) in [6.07, 6.45) is 1.84. The fourth-order valence-electron chi connectivity index (χ4n) is 1.37. The molecule has 0 aliphatic heterocycles. The normalized spacial score (nSPS) is 15.6. The first-order chi connectivity index (χ1) is 6.20. The Bertz CT molecular complexity index is 235. The summed E-state index contributed by atoms with van der Waals surface area (Å²) >= 11 is 1.71. The molecule has 1 unspecified atom stereocenters. The molecule has 1 heterocycles. The molecule has 1 rings (SSSR count). The van der Waals surface area contributed by atoms with Crippen LogP contribution in [-0.4, -0.2) is 19.3 Å². The summed E-state index contributed by atoms with van der Waals surface area (Å²) in [7, 11) is 1.70. The lowest BCUT2D eigenvalue weighted by atomic mass is 9.91.